The highest BCUT2D eigenvalue weighted by Crippen LogP contribution is 2.39. The third-order valence-corrected chi connectivity index (χ3v) is 3.91. The summed E-state index contributed by atoms with van der Waals surface area (Å²) >= 11 is 0. The molecule has 20 heavy (non-hydrogen) atoms. The summed E-state index contributed by atoms with van der Waals surface area (Å²) in [6.07, 6.45) is 2.62. The first kappa shape index (κ1) is 14.7. The van der Waals surface area contributed by atoms with Crippen molar-refractivity contribution in [3.63, 3.8) is 0 Å². The molecule has 1 saturated carbocycles. The predicted molar refractivity (Wildman–Crippen MR) is 79.0 cm³/mol. The Labute approximate surface area is 120 Å². The number of ether oxygens (including phenoxy) is 2. The Bertz CT molecular complexity index is 475. The van der Waals surface area contributed by atoms with Crippen molar-refractivity contribution >= 4 is 11.7 Å². The number of hydrogen-bond acceptors (Lipinski definition) is 4. The maximum absolute atomic E-state index is 12.4. The zero-order chi connectivity index (χ0) is 14.6. The van der Waals surface area contributed by atoms with E-state index in [9.17, 15) is 4.79 Å². The second kappa shape index (κ2) is 6.16. The second-order valence-electron chi connectivity index (χ2n) is 5.48. The van der Waals surface area contributed by atoms with Crippen LogP contribution in [0.4, 0.5) is 5.69 Å². The molecule has 1 aromatic rings. The second-order valence-corrected chi connectivity index (χ2v) is 5.48. The molecule has 0 aromatic heterocycles. The van der Waals surface area contributed by atoms with Crippen LogP contribution in [0.25, 0.3) is 0 Å². The lowest BCUT2D eigenvalue weighted by molar-refractivity contribution is -0.148. The quantitative estimate of drug-likeness (QED) is 0.839. The summed E-state index contributed by atoms with van der Waals surface area (Å²) < 4.78 is 10.6. The molecule has 0 amide bonds. The summed E-state index contributed by atoms with van der Waals surface area (Å²) in [4.78, 5) is 12.4. The van der Waals surface area contributed by atoms with Crippen LogP contribution >= 0.6 is 0 Å². The zero-order valence-corrected chi connectivity index (χ0v) is 12.4. The Morgan fingerprint density at radius 2 is 2.20 bits per heavy atom. The molecule has 1 fully saturated rings. The van der Waals surface area contributed by atoms with Gasteiger partial charge in [0.25, 0.3) is 0 Å². The number of carbonyl (C=O) groups is 1. The average Bonchev–Trinajstić information content (AvgIpc) is 2.82. The predicted octanol–water partition coefficient (Wildman–Crippen LogP) is 3.23. The normalized spacial score (nSPS) is 25.2. The third-order valence-electron chi connectivity index (χ3n) is 3.91. The average molecular weight is 277 g/mol. The van der Waals surface area contributed by atoms with Gasteiger partial charge < -0.3 is 14.8 Å². The van der Waals surface area contributed by atoms with Gasteiger partial charge >= 0.3 is 5.97 Å². The molecule has 0 heterocycles. The van der Waals surface area contributed by atoms with Gasteiger partial charge in [-0.3, -0.25) is 0 Å². The lowest BCUT2D eigenvalue weighted by Crippen LogP contribution is -2.45. The smallest absolute Gasteiger partial charge is 0.331 e. The number of carbonyl (C=O) groups excluding carboxylic acids is 1. The Morgan fingerprint density at radius 1 is 1.45 bits per heavy atom. The maximum Gasteiger partial charge on any atom is 0.331 e. The molecule has 0 radical (unpaired) electrons. The van der Waals surface area contributed by atoms with Gasteiger partial charge in [-0.25, -0.2) is 4.79 Å². The molecule has 110 valence electrons. The summed E-state index contributed by atoms with van der Waals surface area (Å²) in [7, 11) is 1.63. The molecular formula is C16H23NO3. The topological polar surface area (TPSA) is 47.6 Å². The van der Waals surface area contributed by atoms with Crippen LogP contribution in [0.1, 0.15) is 33.1 Å². The maximum atomic E-state index is 12.4. The van der Waals surface area contributed by atoms with E-state index < -0.39 is 5.54 Å². The van der Waals surface area contributed by atoms with Crippen molar-refractivity contribution in [1.82, 2.24) is 0 Å². The zero-order valence-electron chi connectivity index (χ0n) is 12.4. The number of rotatable bonds is 5. The minimum absolute atomic E-state index is 0.157. The summed E-state index contributed by atoms with van der Waals surface area (Å²) in [5.74, 6) is 1.10. The van der Waals surface area contributed by atoms with E-state index in [1.807, 2.05) is 31.2 Å². The molecule has 2 rings (SSSR count). The van der Waals surface area contributed by atoms with Crippen molar-refractivity contribution in [2.75, 3.05) is 19.0 Å². The minimum Gasteiger partial charge on any atom is -0.495 e. The Hall–Kier alpha value is -1.71. The summed E-state index contributed by atoms with van der Waals surface area (Å²) in [6, 6.07) is 7.67. The molecule has 4 heteroatoms. The Balaban J connectivity index is 2.26. The van der Waals surface area contributed by atoms with Gasteiger partial charge in [0.2, 0.25) is 0 Å². The van der Waals surface area contributed by atoms with Gasteiger partial charge in [-0.15, -0.1) is 0 Å². The van der Waals surface area contributed by atoms with Crippen molar-refractivity contribution < 1.29 is 14.3 Å². The van der Waals surface area contributed by atoms with Gasteiger partial charge in [-0.2, -0.15) is 0 Å². The van der Waals surface area contributed by atoms with Crippen LogP contribution in [0.5, 0.6) is 5.75 Å². The van der Waals surface area contributed by atoms with Crippen molar-refractivity contribution in [3.05, 3.63) is 24.3 Å². The van der Waals surface area contributed by atoms with E-state index in [4.69, 9.17) is 9.47 Å². The molecule has 1 N–H and O–H groups in total. The van der Waals surface area contributed by atoms with E-state index in [0.29, 0.717) is 12.5 Å². The molecule has 4 nitrogen and oxygen atoms in total. The van der Waals surface area contributed by atoms with Crippen LogP contribution in [0.3, 0.4) is 0 Å². The standard InChI is InChI=1S/C16H23NO3/c1-4-20-15(18)16(10-9-12(2)11-16)17-13-7-5-6-8-14(13)19-3/h5-8,12,17H,4,9-11H2,1-3H3. The largest absolute Gasteiger partial charge is 0.495 e. The van der Waals surface area contributed by atoms with Crippen molar-refractivity contribution in [2.24, 2.45) is 5.92 Å². The highest BCUT2D eigenvalue weighted by atomic mass is 16.5. The number of hydrogen-bond donors (Lipinski definition) is 1. The molecule has 0 bridgehead atoms. The molecule has 0 saturated heterocycles. The van der Waals surface area contributed by atoms with Gasteiger partial charge in [-0.1, -0.05) is 19.1 Å². The fourth-order valence-corrected chi connectivity index (χ4v) is 2.92. The van der Waals surface area contributed by atoms with Crippen molar-refractivity contribution in [2.45, 2.75) is 38.6 Å². The summed E-state index contributed by atoms with van der Waals surface area (Å²) in [6.45, 7) is 4.42. The minimum atomic E-state index is -0.621. The van der Waals surface area contributed by atoms with Gasteiger partial charge in [0.1, 0.15) is 11.3 Å². The molecule has 1 aliphatic carbocycles. The highest BCUT2D eigenvalue weighted by Gasteiger charge is 2.45. The van der Waals surface area contributed by atoms with Gasteiger partial charge in [-0.05, 0) is 44.2 Å². The van der Waals surface area contributed by atoms with Crippen LogP contribution < -0.4 is 10.1 Å². The van der Waals surface area contributed by atoms with Crippen molar-refractivity contribution in [3.8, 4) is 5.75 Å². The molecular weight excluding hydrogens is 254 g/mol. The highest BCUT2D eigenvalue weighted by molar-refractivity contribution is 5.85. The number of methoxy groups -OCH3 is 1. The number of benzene rings is 1. The first-order chi connectivity index (χ1) is 9.61. The van der Waals surface area contributed by atoms with Gasteiger partial charge in [0.15, 0.2) is 0 Å². The fraction of sp³-hybridized carbons (Fsp3) is 0.562. The van der Waals surface area contributed by atoms with Crippen LogP contribution in [-0.4, -0.2) is 25.2 Å². The molecule has 0 spiro atoms. The number of nitrogens with one attached hydrogen (secondary N) is 1. The SMILES string of the molecule is CCOC(=O)C1(Nc2ccccc2OC)CCC(C)C1. The number of anilines is 1. The molecule has 0 aliphatic heterocycles. The Morgan fingerprint density at radius 3 is 2.80 bits per heavy atom. The third kappa shape index (κ3) is 2.89. The van der Waals surface area contributed by atoms with E-state index >= 15 is 0 Å². The first-order valence-corrected chi connectivity index (χ1v) is 7.19. The lowest BCUT2D eigenvalue weighted by atomic mass is 9.95. The number of para-hydroxylation sites is 2. The van der Waals surface area contributed by atoms with E-state index in [0.717, 1.165) is 30.7 Å². The Kier molecular flexibility index (Phi) is 4.53. The molecule has 1 aromatic carbocycles. The van der Waals surface area contributed by atoms with E-state index in [2.05, 4.69) is 12.2 Å². The van der Waals surface area contributed by atoms with Crippen molar-refractivity contribution in [1.29, 1.82) is 0 Å². The summed E-state index contributed by atoms with van der Waals surface area (Å²) in [5, 5.41) is 3.39. The monoisotopic (exact) mass is 277 g/mol. The van der Waals surface area contributed by atoms with Gasteiger partial charge in [0, 0.05) is 0 Å². The molecule has 2 unspecified atom stereocenters. The fourth-order valence-electron chi connectivity index (χ4n) is 2.92. The van der Waals surface area contributed by atoms with Crippen LogP contribution in [0, 0.1) is 5.92 Å². The van der Waals surface area contributed by atoms with Crippen LogP contribution in [0.2, 0.25) is 0 Å². The van der Waals surface area contributed by atoms with E-state index in [-0.39, 0.29) is 5.97 Å². The van der Waals surface area contributed by atoms with Gasteiger partial charge in [0.05, 0.1) is 19.4 Å². The van der Waals surface area contributed by atoms with E-state index in [1.54, 1.807) is 7.11 Å². The first-order valence-electron chi connectivity index (χ1n) is 7.19. The number of esters is 1. The lowest BCUT2D eigenvalue weighted by Gasteiger charge is -2.30. The van der Waals surface area contributed by atoms with Crippen LogP contribution in [0.15, 0.2) is 24.3 Å². The van der Waals surface area contributed by atoms with Crippen LogP contribution in [-0.2, 0) is 9.53 Å². The molecule has 1 aliphatic rings. The van der Waals surface area contributed by atoms with E-state index in [1.165, 1.54) is 0 Å². The summed E-state index contributed by atoms with van der Waals surface area (Å²) in [5.41, 5.74) is 0.224. The molecule has 2 atom stereocenters.